The second kappa shape index (κ2) is 4.13. The molecule has 0 saturated carbocycles. The lowest BCUT2D eigenvalue weighted by Gasteiger charge is -2.13. The van der Waals surface area contributed by atoms with E-state index in [0.29, 0.717) is 5.82 Å². The molecule has 2 N–H and O–H groups in total. The van der Waals surface area contributed by atoms with Gasteiger partial charge in [0.15, 0.2) is 0 Å². The molecule has 0 radical (unpaired) electrons. The fourth-order valence-electron chi connectivity index (χ4n) is 2.02. The van der Waals surface area contributed by atoms with Crippen molar-refractivity contribution in [3.05, 3.63) is 29.5 Å². The molecule has 1 heterocycles. The summed E-state index contributed by atoms with van der Waals surface area (Å²) >= 11 is 0. The summed E-state index contributed by atoms with van der Waals surface area (Å²) in [7, 11) is 3.51. The van der Waals surface area contributed by atoms with E-state index in [-0.39, 0.29) is 0 Å². The average Bonchev–Trinajstić information content (AvgIpc) is 2.63. The van der Waals surface area contributed by atoms with E-state index in [1.807, 2.05) is 27.0 Å². The van der Waals surface area contributed by atoms with Gasteiger partial charge in [0.25, 0.3) is 0 Å². The SMILES string of the molecule is COc1c(C)ccc(C)c1-c1cnn(C)c1N. The first-order valence-corrected chi connectivity index (χ1v) is 5.48. The van der Waals surface area contributed by atoms with Gasteiger partial charge in [0, 0.05) is 18.2 Å². The molecule has 0 saturated heterocycles. The van der Waals surface area contributed by atoms with E-state index >= 15 is 0 Å². The molecule has 2 rings (SSSR count). The van der Waals surface area contributed by atoms with E-state index in [2.05, 4.69) is 11.2 Å². The van der Waals surface area contributed by atoms with Gasteiger partial charge in [-0.3, -0.25) is 4.68 Å². The first-order chi connectivity index (χ1) is 8.06. The maximum atomic E-state index is 6.02. The lowest BCUT2D eigenvalue weighted by atomic mass is 9.98. The van der Waals surface area contributed by atoms with Crippen molar-refractivity contribution in [1.29, 1.82) is 0 Å². The van der Waals surface area contributed by atoms with Crippen LogP contribution in [0.2, 0.25) is 0 Å². The minimum atomic E-state index is 0.650. The highest BCUT2D eigenvalue weighted by molar-refractivity contribution is 5.81. The van der Waals surface area contributed by atoms with Crippen LogP contribution in [0.4, 0.5) is 5.82 Å². The Balaban J connectivity index is 2.74. The number of nitrogen functional groups attached to an aromatic ring is 1. The third-order valence-corrected chi connectivity index (χ3v) is 3.02. The molecule has 1 aromatic heterocycles. The number of ether oxygens (including phenoxy) is 1. The number of nitrogens with two attached hydrogens (primary N) is 1. The van der Waals surface area contributed by atoms with Crippen LogP contribution in [0.15, 0.2) is 18.3 Å². The van der Waals surface area contributed by atoms with E-state index in [4.69, 9.17) is 10.5 Å². The zero-order valence-corrected chi connectivity index (χ0v) is 10.6. The van der Waals surface area contributed by atoms with Crippen molar-refractivity contribution < 1.29 is 4.74 Å². The molecular formula is C13H17N3O. The molecule has 0 fully saturated rings. The Hall–Kier alpha value is -1.97. The molecule has 1 aromatic carbocycles. The standard InChI is InChI=1S/C13H17N3O/c1-8-5-6-9(2)12(17-4)11(8)10-7-15-16(3)13(10)14/h5-7H,14H2,1-4H3. The Morgan fingerprint density at radius 1 is 1.24 bits per heavy atom. The van der Waals surface area contributed by atoms with Gasteiger partial charge in [-0.2, -0.15) is 5.10 Å². The summed E-state index contributed by atoms with van der Waals surface area (Å²) in [5.74, 6) is 1.52. The van der Waals surface area contributed by atoms with Gasteiger partial charge < -0.3 is 10.5 Å². The fourth-order valence-corrected chi connectivity index (χ4v) is 2.02. The van der Waals surface area contributed by atoms with Gasteiger partial charge in [0.2, 0.25) is 0 Å². The number of hydrogen-bond acceptors (Lipinski definition) is 3. The molecule has 4 heteroatoms. The normalized spacial score (nSPS) is 10.6. The molecule has 17 heavy (non-hydrogen) atoms. The van der Waals surface area contributed by atoms with Gasteiger partial charge in [-0.1, -0.05) is 12.1 Å². The Labute approximate surface area is 101 Å². The lowest BCUT2D eigenvalue weighted by Crippen LogP contribution is -2.00. The van der Waals surface area contributed by atoms with E-state index < -0.39 is 0 Å². The third-order valence-electron chi connectivity index (χ3n) is 3.02. The summed E-state index contributed by atoms with van der Waals surface area (Å²) in [5, 5.41) is 4.17. The molecule has 2 aromatic rings. The highest BCUT2D eigenvalue weighted by Crippen LogP contribution is 2.38. The van der Waals surface area contributed by atoms with Gasteiger partial charge in [0.1, 0.15) is 11.6 Å². The predicted octanol–water partition coefficient (Wildman–Crippen LogP) is 2.29. The molecule has 90 valence electrons. The molecule has 0 atom stereocenters. The second-order valence-electron chi connectivity index (χ2n) is 4.17. The quantitative estimate of drug-likeness (QED) is 0.862. The summed E-state index contributed by atoms with van der Waals surface area (Å²) in [6.07, 6.45) is 1.78. The number of benzene rings is 1. The Bertz CT molecular complexity index is 558. The molecule has 4 nitrogen and oxygen atoms in total. The number of aryl methyl sites for hydroxylation is 3. The van der Waals surface area contributed by atoms with Crippen LogP contribution in [0.1, 0.15) is 11.1 Å². The number of anilines is 1. The Morgan fingerprint density at radius 2 is 1.88 bits per heavy atom. The zero-order chi connectivity index (χ0) is 12.6. The van der Waals surface area contributed by atoms with Crippen molar-refractivity contribution in [3.63, 3.8) is 0 Å². The van der Waals surface area contributed by atoms with Gasteiger partial charge in [-0.05, 0) is 25.0 Å². The molecule has 0 aliphatic heterocycles. The third kappa shape index (κ3) is 1.75. The zero-order valence-electron chi connectivity index (χ0n) is 10.6. The maximum Gasteiger partial charge on any atom is 0.130 e. The summed E-state index contributed by atoms with van der Waals surface area (Å²) < 4.78 is 7.15. The summed E-state index contributed by atoms with van der Waals surface area (Å²) in [5.41, 5.74) is 10.2. The number of rotatable bonds is 2. The molecule has 0 amide bonds. The Kier molecular flexibility index (Phi) is 2.79. The van der Waals surface area contributed by atoms with Crippen LogP contribution in [0.25, 0.3) is 11.1 Å². The first-order valence-electron chi connectivity index (χ1n) is 5.48. The smallest absolute Gasteiger partial charge is 0.130 e. The summed E-state index contributed by atoms with van der Waals surface area (Å²) in [4.78, 5) is 0. The van der Waals surface area contributed by atoms with Crippen LogP contribution < -0.4 is 10.5 Å². The van der Waals surface area contributed by atoms with E-state index in [1.165, 1.54) is 0 Å². The van der Waals surface area contributed by atoms with Crippen molar-refractivity contribution in [2.24, 2.45) is 7.05 Å². The number of methoxy groups -OCH3 is 1. The fraction of sp³-hybridized carbons (Fsp3) is 0.308. The van der Waals surface area contributed by atoms with E-state index in [1.54, 1.807) is 18.0 Å². The van der Waals surface area contributed by atoms with Crippen molar-refractivity contribution in [2.45, 2.75) is 13.8 Å². The van der Waals surface area contributed by atoms with E-state index in [0.717, 1.165) is 28.0 Å². The summed E-state index contributed by atoms with van der Waals surface area (Å²) in [6.45, 7) is 4.07. The molecule has 0 unspecified atom stereocenters. The summed E-state index contributed by atoms with van der Waals surface area (Å²) in [6, 6.07) is 4.11. The van der Waals surface area contributed by atoms with Gasteiger partial charge in [0.05, 0.1) is 13.3 Å². The molecule has 0 bridgehead atoms. The molecule has 0 aliphatic rings. The highest BCUT2D eigenvalue weighted by Gasteiger charge is 2.16. The number of hydrogen-bond donors (Lipinski definition) is 1. The van der Waals surface area contributed by atoms with Crippen LogP contribution in [-0.4, -0.2) is 16.9 Å². The lowest BCUT2D eigenvalue weighted by molar-refractivity contribution is 0.413. The van der Waals surface area contributed by atoms with Crippen LogP contribution in [0.5, 0.6) is 5.75 Å². The average molecular weight is 231 g/mol. The van der Waals surface area contributed by atoms with Crippen LogP contribution in [0, 0.1) is 13.8 Å². The largest absolute Gasteiger partial charge is 0.496 e. The van der Waals surface area contributed by atoms with Gasteiger partial charge >= 0.3 is 0 Å². The van der Waals surface area contributed by atoms with Crippen LogP contribution in [0.3, 0.4) is 0 Å². The number of aromatic nitrogens is 2. The van der Waals surface area contributed by atoms with Crippen molar-refractivity contribution >= 4 is 5.82 Å². The molecular weight excluding hydrogens is 214 g/mol. The predicted molar refractivity (Wildman–Crippen MR) is 69.1 cm³/mol. The maximum absolute atomic E-state index is 6.02. The number of nitrogens with zero attached hydrogens (tertiary/aromatic N) is 2. The minimum Gasteiger partial charge on any atom is -0.496 e. The minimum absolute atomic E-state index is 0.650. The van der Waals surface area contributed by atoms with Gasteiger partial charge in [-0.25, -0.2) is 0 Å². The topological polar surface area (TPSA) is 53.1 Å². The van der Waals surface area contributed by atoms with Crippen molar-refractivity contribution in [1.82, 2.24) is 9.78 Å². The highest BCUT2D eigenvalue weighted by atomic mass is 16.5. The van der Waals surface area contributed by atoms with E-state index in [9.17, 15) is 0 Å². The molecule has 0 spiro atoms. The van der Waals surface area contributed by atoms with Gasteiger partial charge in [-0.15, -0.1) is 0 Å². The van der Waals surface area contributed by atoms with Crippen LogP contribution in [-0.2, 0) is 7.05 Å². The Morgan fingerprint density at radius 3 is 2.41 bits per heavy atom. The van der Waals surface area contributed by atoms with Crippen LogP contribution >= 0.6 is 0 Å². The van der Waals surface area contributed by atoms with Crippen molar-refractivity contribution in [2.75, 3.05) is 12.8 Å². The van der Waals surface area contributed by atoms with Crippen molar-refractivity contribution in [3.8, 4) is 16.9 Å². The first kappa shape index (κ1) is 11.5. The molecule has 0 aliphatic carbocycles. The monoisotopic (exact) mass is 231 g/mol. The second-order valence-corrected chi connectivity index (χ2v) is 4.17.